The van der Waals surface area contributed by atoms with Gasteiger partial charge in [-0.05, 0) is 32.5 Å². The fraction of sp³-hybridized carbons (Fsp3) is 1.00. The van der Waals surface area contributed by atoms with Gasteiger partial charge < -0.3 is 11.1 Å². The summed E-state index contributed by atoms with van der Waals surface area (Å²) in [4.78, 5) is 0. The molecule has 0 aromatic rings. The Morgan fingerprint density at radius 3 is 1.67 bits per heavy atom. The van der Waals surface area contributed by atoms with E-state index in [-0.39, 0.29) is 0 Å². The molecule has 0 aliphatic heterocycles. The Labute approximate surface area is 96.0 Å². The molecule has 0 aliphatic carbocycles. The van der Waals surface area contributed by atoms with Crippen LogP contribution < -0.4 is 11.1 Å². The zero-order valence-electron chi connectivity index (χ0n) is 10.6. The summed E-state index contributed by atoms with van der Waals surface area (Å²) in [5, 5.41) is 3.36. The molecule has 0 aliphatic rings. The largest absolute Gasteiger partial charge is 0.330 e. The molecule has 0 aromatic carbocycles. The average molecular weight is 214 g/mol. The Hall–Kier alpha value is -0.0800. The molecule has 0 spiro atoms. The van der Waals surface area contributed by atoms with Crippen molar-refractivity contribution in [1.82, 2.24) is 5.32 Å². The van der Waals surface area contributed by atoms with Crippen LogP contribution in [0.25, 0.3) is 0 Å². The SMILES string of the molecule is CCNCCCCCCCCCCCN. The molecule has 0 atom stereocenters. The molecule has 0 aromatic heterocycles. The first-order chi connectivity index (χ1) is 7.41. The highest BCUT2D eigenvalue weighted by atomic mass is 14.8. The predicted molar refractivity (Wildman–Crippen MR) is 69.2 cm³/mol. The van der Waals surface area contributed by atoms with Gasteiger partial charge in [0.25, 0.3) is 0 Å². The highest BCUT2D eigenvalue weighted by Crippen LogP contribution is 2.08. The Balaban J connectivity index is 2.81. The summed E-state index contributed by atoms with van der Waals surface area (Å²) in [6, 6.07) is 0. The lowest BCUT2D eigenvalue weighted by Gasteiger charge is -2.02. The second-order valence-electron chi connectivity index (χ2n) is 4.32. The standard InChI is InChI=1S/C13H30N2/c1-2-15-13-11-9-7-5-3-4-6-8-10-12-14/h15H,2-14H2,1H3. The number of nitrogens with two attached hydrogens (primary N) is 1. The molecule has 0 amide bonds. The fourth-order valence-corrected chi connectivity index (χ4v) is 1.81. The summed E-state index contributed by atoms with van der Waals surface area (Å²) >= 11 is 0. The molecule has 2 nitrogen and oxygen atoms in total. The third-order valence-corrected chi connectivity index (χ3v) is 2.81. The van der Waals surface area contributed by atoms with E-state index in [9.17, 15) is 0 Å². The topological polar surface area (TPSA) is 38.0 Å². The van der Waals surface area contributed by atoms with Crippen LogP contribution in [0.15, 0.2) is 0 Å². The molecule has 0 heterocycles. The Kier molecular flexibility index (Phi) is 13.8. The zero-order chi connectivity index (χ0) is 11.2. The van der Waals surface area contributed by atoms with E-state index < -0.39 is 0 Å². The molecule has 0 unspecified atom stereocenters. The Morgan fingerprint density at radius 1 is 0.733 bits per heavy atom. The van der Waals surface area contributed by atoms with Crippen LogP contribution in [0.4, 0.5) is 0 Å². The third kappa shape index (κ3) is 13.9. The first kappa shape index (κ1) is 14.9. The van der Waals surface area contributed by atoms with Gasteiger partial charge in [0.2, 0.25) is 0 Å². The molecule has 0 saturated heterocycles. The molecular formula is C13H30N2. The minimum Gasteiger partial charge on any atom is -0.330 e. The Bertz CT molecular complexity index is 92.7. The molecule has 0 bridgehead atoms. The molecule has 0 fully saturated rings. The van der Waals surface area contributed by atoms with Crippen molar-refractivity contribution in [3.05, 3.63) is 0 Å². The number of nitrogens with one attached hydrogen (secondary N) is 1. The van der Waals surface area contributed by atoms with Crippen molar-refractivity contribution in [2.75, 3.05) is 19.6 Å². The molecule has 2 heteroatoms. The highest BCUT2D eigenvalue weighted by molar-refractivity contribution is 4.49. The van der Waals surface area contributed by atoms with Crippen LogP contribution >= 0.6 is 0 Å². The maximum absolute atomic E-state index is 5.44. The van der Waals surface area contributed by atoms with Gasteiger partial charge in [0.05, 0.1) is 0 Å². The first-order valence-electron chi connectivity index (χ1n) is 6.82. The van der Waals surface area contributed by atoms with E-state index in [4.69, 9.17) is 5.73 Å². The summed E-state index contributed by atoms with van der Waals surface area (Å²) in [6.07, 6.45) is 12.3. The van der Waals surface area contributed by atoms with E-state index in [2.05, 4.69) is 12.2 Å². The van der Waals surface area contributed by atoms with Gasteiger partial charge in [-0.15, -0.1) is 0 Å². The van der Waals surface area contributed by atoms with E-state index >= 15 is 0 Å². The monoisotopic (exact) mass is 214 g/mol. The summed E-state index contributed by atoms with van der Waals surface area (Å²) in [6.45, 7) is 5.35. The van der Waals surface area contributed by atoms with Gasteiger partial charge in [0, 0.05) is 0 Å². The minimum atomic E-state index is 0.866. The number of rotatable bonds is 12. The second kappa shape index (κ2) is 13.9. The maximum Gasteiger partial charge on any atom is -0.00490 e. The normalized spacial score (nSPS) is 10.8. The average Bonchev–Trinajstić information content (AvgIpc) is 2.26. The zero-order valence-corrected chi connectivity index (χ0v) is 10.6. The van der Waals surface area contributed by atoms with Gasteiger partial charge in [0.1, 0.15) is 0 Å². The first-order valence-corrected chi connectivity index (χ1v) is 6.82. The lowest BCUT2D eigenvalue weighted by molar-refractivity contribution is 0.550. The summed E-state index contributed by atoms with van der Waals surface area (Å²) in [5.74, 6) is 0. The van der Waals surface area contributed by atoms with Crippen LogP contribution in [-0.4, -0.2) is 19.6 Å². The van der Waals surface area contributed by atoms with E-state index in [1.54, 1.807) is 0 Å². The van der Waals surface area contributed by atoms with Crippen LogP contribution in [0.3, 0.4) is 0 Å². The number of hydrogen-bond acceptors (Lipinski definition) is 2. The maximum atomic E-state index is 5.44. The smallest absolute Gasteiger partial charge is 0.00490 e. The molecule has 92 valence electrons. The van der Waals surface area contributed by atoms with Crippen molar-refractivity contribution < 1.29 is 0 Å². The molecular weight excluding hydrogens is 184 g/mol. The van der Waals surface area contributed by atoms with Crippen LogP contribution in [0.1, 0.15) is 64.7 Å². The number of unbranched alkanes of at least 4 members (excludes halogenated alkanes) is 8. The third-order valence-electron chi connectivity index (χ3n) is 2.81. The van der Waals surface area contributed by atoms with Crippen molar-refractivity contribution in [3.63, 3.8) is 0 Å². The second-order valence-corrected chi connectivity index (χ2v) is 4.32. The van der Waals surface area contributed by atoms with Crippen molar-refractivity contribution in [2.24, 2.45) is 5.73 Å². The van der Waals surface area contributed by atoms with Crippen LogP contribution in [-0.2, 0) is 0 Å². The summed E-state index contributed by atoms with van der Waals surface area (Å²) in [5.41, 5.74) is 5.44. The van der Waals surface area contributed by atoms with E-state index in [0.717, 1.165) is 13.1 Å². The summed E-state index contributed by atoms with van der Waals surface area (Å²) in [7, 11) is 0. The lowest BCUT2D eigenvalue weighted by atomic mass is 10.1. The number of hydrogen-bond donors (Lipinski definition) is 2. The molecule has 0 radical (unpaired) electrons. The van der Waals surface area contributed by atoms with Crippen molar-refractivity contribution >= 4 is 0 Å². The van der Waals surface area contributed by atoms with Gasteiger partial charge in [-0.3, -0.25) is 0 Å². The van der Waals surface area contributed by atoms with Gasteiger partial charge in [-0.1, -0.05) is 51.9 Å². The fourth-order valence-electron chi connectivity index (χ4n) is 1.81. The van der Waals surface area contributed by atoms with Crippen LogP contribution in [0.5, 0.6) is 0 Å². The van der Waals surface area contributed by atoms with Crippen molar-refractivity contribution in [2.45, 2.75) is 64.7 Å². The van der Waals surface area contributed by atoms with Gasteiger partial charge in [-0.25, -0.2) is 0 Å². The predicted octanol–water partition coefficient (Wildman–Crippen LogP) is 3.07. The molecule has 15 heavy (non-hydrogen) atoms. The minimum absolute atomic E-state index is 0.866. The summed E-state index contributed by atoms with van der Waals surface area (Å²) < 4.78 is 0. The molecule has 0 rings (SSSR count). The van der Waals surface area contributed by atoms with E-state index in [0.29, 0.717) is 0 Å². The lowest BCUT2D eigenvalue weighted by Crippen LogP contribution is -2.13. The van der Waals surface area contributed by atoms with Crippen molar-refractivity contribution in [1.29, 1.82) is 0 Å². The van der Waals surface area contributed by atoms with Crippen LogP contribution in [0, 0.1) is 0 Å². The van der Waals surface area contributed by atoms with Gasteiger partial charge in [0.15, 0.2) is 0 Å². The Morgan fingerprint density at radius 2 is 1.20 bits per heavy atom. The van der Waals surface area contributed by atoms with Crippen LogP contribution in [0.2, 0.25) is 0 Å². The quantitative estimate of drug-likeness (QED) is 0.490. The van der Waals surface area contributed by atoms with Crippen molar-refractivity contribution in [3.8, 4) is 0 Å². The molecule has 0 saturated carbocycles. The molecule has 3 N–H and O–H groups in total. The van der Waals surface area contributed by atoms with E-state index in [1.807, 2.05) is 0 Å². The van der Waals surface area contributed by atoms with Gasteiger partial charge >= 0.3 is 0 Å². The van der Waals surface area contributed by atoms with E-state index in [1.165, 1.54) is 64.3 Å². The van der Waals surface area contributed by atoms with Gasteiger partial charge in [-0.2, -0.15) is 0 Å². The highest BCUT2D eigenvalue weighted by Gasteiger charge is 1.91.